The van der Waals surface area contributed by atoms with Crippen molar-refractivity contribution in [2.24, 2.45) is 4.99 Å². The second-order valence-electron chi connectivity index (χ2n) is 7.09. The third kappa shape index (κ3) is 6.00. The first-order chi connectivity index (χ1) is 15.4. The van der Waals surface area contributed by atoms with Gasteiger partial charge in [-0.1, -0.05) is 19.1 Å². The molecule has 0 heterocycles. The van der Waals surface area contributed by atoms with E-state index >= 15 is 0 Å². The second kappa shape index (κ2) is 11.7. The number of anilines is 1. The van der Waals surface area contributed by atoms with Crippen molar-refractivity contribution in [2.45, 2.75) is 34.1 Å². The van der Waals surface area contributed by atoms with Crippen LogP contribution in [0.3, 0.4) is 0 Å². The minimum atomic E-state index is -1.03. The molecule has 0 aliphatic carbocycles. The monoisotopic (exact) mass is 438 g/mol. The van der Waals surface area contributed by atoms with E-state index in [4.69, 9.17) is 4.74 Å². The Morgan fingerprint density at radius 1 is 1.16 bits per heavy atom. The SMILES string of the molecule is C\C=C/C=C(Nc1ccc(C=O)c(CC)c1)\C(C)=N\C=C(/C)c1ccc(OC)c(F)c1F. The highest BCUT2D eigenvalue weighted by molar-refractivity contribution is 6.01. The maximum absolute atomic E-state index is 14.4. The fourth-order valence-corrected chi connectivity index (χ4v) is 3.03. The van der Waals surface area contributed by atoms with Gasteiger partial charge >= 0.3 is 0 Å². The molecule has 4 nitrogen and oxygen atoms in total. The minimum absolute atomic E-state index is 0.115. The maximum atomic E-state index is 14.4. The predicted octanol–water partition coefficient (Wildman–Crippen LogP) is 6.74. The fourth-order valence-electron chi connectivity index (χ4n) is 3.03. The van der Waals surface area contributed by atoms with Crippen molar-refractivity contribution < 1.29 is 18.3 Å². The summed E-state index contributed by atoms with van der Waals surface area (Å²) in [6, 6.07) is 8.38. The summed E-state index contributed by atoms with van der Waals surface area (Å²) in [6.45, 7) is 7.37. The van der Waals surface area contributed by atoms with Gasteiger partial charge in [0, 0.05) is 23.0 Å². The van der Waals surface area contributed by atoms with Crippen molar-refractivity contribution in [3.8, 4) is 5.75 Å². The highest BCUT2D eigenvalue weighted by atomic mass is 19.2. The first kappa shape index (κ1) is 24.7. The van der Waals surface area contributed by atoms with Gasteiger partial charge in [0.05, 0.1) is 18.5 Å². The topological polar surface area (TPSA) is 50.7 Å². The summed E-state index contributed by atoms with van der Waals surface area (Å²) in [6.07, 6.45) is 8.71. The Balaban J connectivity index is 2.36. The highest BCUT2D eigenvalue weighted by Gasteiger charge is 2.15. The van der Waals surface area contributed by atoms with Gasteiger partial charge in [0.2, 0.25) is 5.82 Å². The number of allylic oxidation sites excluding steroid dienone is 5. The molecule has 0 bridgehead atoms. The number of nitrogens with one attached hydrogen (secondary N) is 1. The number of hydrogen-bond donors (Lipinski definition) is 1. The Hall–Kier alpha value is -3.54. The van der Waals surface area contributed by atoms with E-state index in [9.17, 15) is 13.6 Å². The van der Waals surface area contributed by atoms with Crippen LogP contribution in [0.4, 0.5) is 14.5 Å². The number of aldehydes is 1. The third-order valence-corrected chi connectivity index (χ3v) is 4.92. The van der Waals surface area contributed by atoms with E-state index < -0.39 is 11.6 Å². The number of rotatable bonds is 9. The highest BCUT2D eigenvalue weighted by Crippen LogP contribution is 2.27. The molecule has 2 rings (SSSR count). The van der Waals surface area contributed by atoms with Gasteiger partial charge in [-0.25, -0.2) is 4.39 Å². The molecule has 2 aromatic rings. The van der Waals surface area contributed by atoms with Crippen LogP contribution in [0.25, 0.3) is 5.57 Å². The molecule has 0 amide bonds. The molecular weight excluding hydrogens is 410 g/mol. The zero-order chi connectivity index (χ0) is 23.7. The van der Waals surface area contributed by atoms with E-state index in [2.05, 4.69) is 10.3 Å². The van der Waals surface area contributed by atoms with Crippen molar-refractivity contribution >= 4 is 23.3 Å². The Morgan fingerprint density at radius 2 is 1.91 bits per heavy atom. The van der Waals surface area contributed by atoms with Crippen LogP contribution in [0, 0.1) is 11.6 Å². The lowest BCUT2D eigenvalue weighted by Gasteiger charge is -2.13. The van der Waals surface area contributed by atoms with Crippen LogP contribution in [-0.2, 0) is 6.42 Å². The lowest BCUT2D eigenvalue weighted by atomic mass is 10.1. The number of ether oxygens (including phenoxy) is 1. The molecule has 0 aliphatic rings. The van der Waals surface area contributed by atoms with Gasteiger partial charge in [0.1, 0.15) is 6.29 Å². The van der Waals surface area contributed by atoms with Gasteiger partial charge in [-0.15, -0.1) is 0 Å². The van der Waals surface area contributed by atoms with Gasteiger partial charge in [-0.2, -0.15) is 4.39 Å². The summed E-state index contributed by atoms with van der Waals surface area (Å²) in [7, 11) is 1.29. The zero-order valence-corrected chi connectivity index (χ0v) is 19.0. The van der Waals surface area contributed by atoms with Crippen molar-refractivity contribution in [2.75, 3.05) is 12.4 Å². The Morgan fingerprint density at radius 3 is 2.53 bits per heavy atom. The van der Waals surface area contributed by atoms with E-state index in [0.717, 1.165) is 29.7 Å². The fraction of sp³-hybridized carbons (Fsp3) is 0.231. The molecule has 0 aromatic heterocycles. The molecule has 32 heavy (non-hydrogen) atoms. The van der Waals surface area contributed by atoms with Gasteiger partial charge in [-0.05, 0) is 74.7 Å². The van der Waals surface area contributed by atoms with Crippen LogP contribution >= 0.6 is 0 Å². The van der Waals surface area contributed by atoms with Crippen LogP contribution in [0.1, 0.15) is 49.2 Å². The number of carbonyl (C=O) groups excluding carboxylic acids is 1. The van der Waals surface area contributed by atoms with Crippen LogP contribution in [-0.4, -0.2) is 19.1 Å². The van der Waals surface area contributed by atoms with Gasteiger partial charge in [0.15, 0.2) is 11.6 Å². The predicted molar refractivity (Wildman–Crippen MR) is 127 cm³/mol. The molecule has 0 fully saturated rings. The molecule has 0 atom stereocenters. The number of halogens is 2. The van der Waals surface area contributed by atoms with E-state index in [-0.39, 0.29) is 11.3 Å². The summed E-state index contributed by atoms with van der Waals surface area (Å²) in [5, 5.41) is 3.32. The lowest BCUT2D eigenvalue weighted by molar-refractivity contribution is 0.112. The van der Waals surface area contributed by atoms with Crippen molar-refractivity contribution in [1.82, 2.24) is 0 Å². The third-order valence-electron chi connectivity index (χ3n) is 4.92. The molecule has 0 unspecified atom stereocenters. The maximum Gasteiger partial charge on any atom is 0.201 e. The Kier molecular flexibility index (Phi) is 9.08. The molecule has 0 spiro atoms. The largest absolute Gasteiger partial charge is 0.494 e. The number of benzene rings is 2. The Labute approximate surface area is 188 Å². The second-order valence-corrected chi connectivity index (χ2v) is 7.09. The first-order valence-electron chi connectivity index (χ1n) is 10.3. The molecule has 2 aromatic carbocycles. The standard InChI is InChI=1S/C26H28F2N2O2/c1-6-8-9-23(30-21-11-10-20(16-31)19(7-2)14-21)18(4)29-15-17(3)22-12-13-24(32-5)26(28)25(22)27/h6,8-16,30H,7H2,1-5H3/b8-6-,17-15+,23-9+,29-18+. The Bertz CT molecular complexity index is 1100. The zero-order valence-electron chi connectivity index (χ0n) is 19.0. The lowest BCUT2D eigenvalue weighted by Crippen LogP contribution is -2.09. The van der Waals surface area contributed by atoms with Crippen LogP contribution in [0.15, 0.2) is 65.4 Å². The van der Waals surface area contributed by atoms with Gasteiger partial charge in [-0.3, -0.25) is 9.79 Å². The summed E-state index contributed by atoms with van der Waals surface area (Å²) in [5.41, 5.74) is 4.39. The minimum Gasteiger partial charge on any atom is -0.494 e. The first-order valence-corrected chi connectivity index (χ1v) is 10.3. The molecule has 0 aliphatic heterocycles. The average molecular weight is 439 g/mol. The normalized spacial score (nSPS) is 12.9. The van der Waals surface area contributed by atoms with E-state index in [1.807, 2.05) is 51.1 Å². The number of aryl methyl sites for hydroxylation is 1. The molecule has 0 radical (unpaired) electrons. The average Bonchev–Trinajstić information content (AvgIpc) is 2.81. The molecule has 0 saturated heterocycles. The van der Waals surface area contributed by atoms with Crippen LogP contribution < -0.4 is 10.1 Å². The summed E-state index contributed by atoms with van der Waals surface area (Å²) in [4.78, 5) is 15.6. The number of aliphatic imine (C=N–C) groups is 1. The number of nitrogens with zero attached hydrogens (tertiary/aromatic N) is 1. The molecule has 0 saturated carbocycles. The van der Waals surface area contributed by atoms with Crippen molar-refractivity contribution in [3.05, 3.63) is 88.8 Å². The smallest absolute Gasteiger partial charge is 0.201 e. The number of carbonyl (C=O) groups is 1. The number of methoxy groups -OCH3 is 1. The number of hydrogen-bond acceptors (Lipinski definition) is 4. The van der Waals surface area contributed by atoms with E-state index in [0.29, 0.717) is 16.8 Å². The van der Waals surface area contributed by atoms with Crippen molar-refractivity contribution in [1.29, 1.82) is 0 Å². The van der Waals surface area contributed by atoms with Crippen LogP contribution in [0.5, 0.6) is 5.75 Å². The van der Waals surface area contributed by atoms with Crippen LogP contribution in [0.2, 0.25) is 0 Å². The molecule has 1 N–H and O–H groups in total. The van der Waals surface area contributed by atoms with Gasteiger partial charge < -0.3 is 10.1 Å². The summed E-state index contributed by atoms with van der Waals surface area (Å²) < 4.78 is 33.2. The molecule has 6 heteroatoms. The molecule has 168 valence electrons. The molecular formula is C26H28F2N2O2. The summed E-state index contributed by atoms with van der Waals surface area (Å²) in [5.74, 6) is -2.15. The van der Waals surface area contributed by atoms with E-state index in [1.165, 1.54) is 25.4 Å². The van der Waals surface area contributed by atoms with Crippen molar-refractivity contribution in [3.63, 3.8) is 0 Å². The van der Waals surface area contributed by atoms with E-state index in [1.54, 1.807) is 13.0 Å². The van der Waals surface area contributed by atoms with Gasteiger partial charge in [0.25, 0.3) is 0 Å². The summed E-state index contributed by atoms with van der Waals surface area (Å²) >= 11 is 0. The quantitative estimate of drug-likeness (QED) is 0.268.